The summed E-state index contributed by atoms with van der Waals surface area (Å²) in [5.41, 5.74) is 8.18. The molecule has 0 saturated heterocycles. The summed E-state index contributed by atoms with van der Waals surface area (Å²) >= 11 is 0. The van der Waals surface area contributed by atoms with Crippen molar-refractivity contribution in [2.24, 2.45) is 0 Å². The molecule has 2 aromatic carbocycles. The van der Waals surface area contributed by atoms with Crippen LogP contribution in [0.25, 0.3) is 11.0 Å². The van der Waals surface area contributed by atoms with Crippen molar-refractivity contribution < 1.29 is 13.9 Å². The lowest BCUT2D eigenvalue weighted by atomic mass is 10.2. The highest BCUT2D eigenvalue weighted by molar-refractivity contribution is 5.83. The summed E-state index contributed by atoms with van der Waals surface area (Å²) in [5, 5.41) is 1.02. The van der Waals surface area contributed by atoms with E-state index in [1.54, 1.807) is 13.4 Å². The van der Waals surface area contributed by atoms with Crippen LogP contribution in [0, 0.1) is 0 Å². The first kappa shape index (κ1) is 12.4. The van der Waals surface area contributed by atoms with Gasteiger partial charge in [-0.1, -0.05) is 0 Å². The molecule has 0 aliphatic carbocycles. The molecule has 3 aromatic rings. The van der Waals surface area contributed by atoms with Crippen LogP contribution in [-0.4, -0.2) is 7.11 Å². The molecule has 3 rings (SSSR count). The van der Waals surface area contributed by atoms with E-state index < -0.39 is 0 Å². The van der Waals surface area contributed by atoms with Crippen molar-refractivity contribution in [2.75, 3.05) is 12.8 Å². The molecule has 0 aliphatic heterocycles. The second-order valence-electron chi connectivity index (χ2n) is 4.48. The van der Waals surface area contributed by atoms with Gasteiger partial charge in [-0.15, -0.1) is 0 Å². The number of anilines is 1. The third-order valence-electron chi connectivity index (χ3n) is 3.13. The molecule has 4 nitrogen and oxygen atoms in total. The molecule has 0 saturated carbocycles. The highest BCUT2D eigenvalue weighted by Crippen LogP contribution is 2.25. The van der Waals surface area contributed by atoms with E-state index in [1.807, 2.05) is 42.5 Å². The predicted octanol–water partition coefficient (Wildman–Crippen LogP) is 3.60. The van der Waals surface area contributed by atoms with Crippen molar-refractivity contribution >= 4 is 16.7 Å². The minimum atomic E-state index is 0.448. The topological polar surface area (TPSA) is 57.6 Å². The molecule has 1 heterocycles. The molecular formula is C16H15NO3. The van der Waals surface area contributed by atoms with Crippen molar-refractivity contribution in [3.8, 4) is 11.5 Å². The number of hydrogen-bond donors (Lipinski definition) is 1. The third-order valence-corrected chi connectivity index (χ3v) is 3.13. The molecule has 0 spiro atoms. The lowest BCUT2D eigenvalue weighted by Crippen LogP contribution is -1.94. The molecule has 0 atom stereocenters. The molecule has 4 heteroatoms. The zero-order chi connectivity index (χ0) is 13.9. The van der Waals surface area contributed by atoms with Crippen LogP contribution in [0.3, 0.4) is 0 Å². The quantitative estimate of drug-likeness (QED) is 0.735. The summed E-state index contributed by atoms with van der Waals surface area (Å²) in [5.74, 6) is 1.59. The third kappa shape index (κ3) is 2.40. The van der Waals surface area contributed by atoms with Gasteiger partial charge in [0.1, 0.15) is 23.7 Å². The van der Waals surface area contributed by atoms with Crippen LogP contribution in [-0.2, 0) is 6.61 Å². The highest BCUT2D eigenvalue weighted by atomic mass is 16.5. The van der Waals surface area contributed by atoms with Crippen LogP contribution < -0.4 is 15.2 Å². The summed E-state index contributed by atoms with van der Waals surface area (Å²) in [4.78, 5) is 0. The minimum Gasteiger partial charge on any atom is -0.497 e. The maximum atomic E-state index is 5.74. The van der Waals surface area contributed by atoms with Gasteiger partial charge in [-0.2, -0.15) is 0 Å². The van der Waals surface area contributed by atoms with Crippen molar-refractivity contribution in [3.63, 3.8) is 0 Å². The van der Waals surface area contributed by atoms with Gasteiger partial charge < -0.3 is 19.6 Å². The van der Waals surface area contributed by atoms with Gasteiger partial charge in [0, 0.05) is 22.7 Å². The number of rotatable bonds is 4. The summed E-state index contributed by atoms with van der Waals surface area (Å²) < 4.78 is 16.3. The molecule has 0 radical (unpaired) electrons. The first-order valence-electron chi connectivity index (χ1n) is 6.29. The van der Waals surface area contributed by atoms with E-state index in [0.29, 0.717) is 12.3 Å². The number of hydrogen-bond acceptors (Lipinski definition) is 4. The van der Waals surface area contributed by atoms with E-state index >= 15 is 0 Å². The van der Waals surface area contributed by atoms with E-state index in [4.69, 9.17) is 19.6 Å². The normalized spacial score (nSPS) is 10.7. The van der Waals surface area contributed by atoms with Gasteiger partial charge in [0.2, 0.25) is 0 Å². The Kier molecular flexibility index (Phi) is 3.21. The Balaban J connectivity index is 1.76. The largest absolute Gasteiger partial charge is 0.497 e. The minimum absolute atomic E-state index is 0.448. The first-order valence-corrected chi connectivity index (χ1v) is 6.29. The molecule has 0 fully saturated rings. The number of fused-ring (bicyclic) bond motifs is 1. The monoisotopic (exact) mass is 269 g/mol. The summed E-state index contributed by atoms with van der Waals surface area (Å²) in [6.45, 7) is 0.448. The van der Waals surface area contributed by atoms with Crippen LogP contribution in [0.1, 0.15) is 5.56 Å². The smallest absolute Gasteiger partial charge is 0.136 e. The Morgan fingerprint density at radius 1 is 1.05 bits per heavy atom. The van der Waals surface area contributed by atoms with E-state index in [-0.39, 0.29) is 0 Å². The van der Waals surface area contributed by atoms with Gasteiger partial charge in [-0.3, -0.25) is 0 Å². The Hall–Kier alpha value is -2.62. The maximum absolute atomic E-state index is 5.74. The second kappa shape index (κ2) is 5.17. The van der Waals surface area contributed by atoms with Gasteiger partial charge >= 0.3 is 0 Å². The van der Waals surface area contributed by atoms with Crippen molar-refractivity contribution in [1.82, 2.24) is 0 Å². The number of ether oxygens (including phenoxy) is 2. The SMILES string of the molecule is COc1ccc(OCc2coc3cc(N)ccc23)cc1. The van der Waals surface area contributed by atoms with Gasteiger partial charge in [0.05, 0.1) is 13.4 Å². The first-order chi connectivity index (χ1) is 9.76. The van der Waals surface area contributed by atoms with Crippen LogP contribution in [0.2, 0.25) is 0 Å². The highest BCUT2D eigenvalue weighted by Gasteiger charge is 2.07. The van der Waals surface area contributed by atoms with Crippen molar-refractivity contribution in [1.29, 1.82) is 0 Å². The van der Waals surface area contributed by atoms with E-state index in [1.165, 1.54) is 0 Å². The molecule has 0 amide bonds. The molecule has 1 aromatic heterocycles. The lowest BCUT2D eigenvalue weighted by Gasteiger charge is -2.06. The Morgan fingerprint density at radius 2 is 1.80 bits per heavy atom. The van der Waals surface area contributed by atoms with Crippen LogP contribution in [0.5, 0.6) is 11.5 Å². The number of nitrogen functional groups attached to an aromatic ring is 1. The fraction of sp³-hybridized carbons (Fsp3) is 0.125. The zero-order valence-corrected chi connectivity index (χ0v) is 11.1. The average Bonchev–Trinajstić information content (AvgIpc) is 2.88. The number of methoxy groups -OCH3 is 1. The molecule has 0 unspecified atom stereocenters. The van der Waals surface area contributed by atoms with E-state index in [0.717, 1.165) is 28.0 Å². The fourth-order valence-corrected chi connectivity index (χ4v) is 2.04. The second-order valence-corrected chi connectivity index (χ2v) is 4.48. The standard InChI is InChI=1S/C16H15NO3/c1-18-13-3-5-14(6-4-13)19-9-11-10-20-16-8-12(17)2-7-15(11)16/h2-8,10H,9,17H2,1H3. The van der Waals surface area contributed by atoms with Gasteiger partial charge in [-0.25, -0.2) is 0 Å². The molecule has 2 N–H and O–H groups in total. The molecule has 102 valence electrons. The maximum Gasteiger partial charge on any atom is 0.136 e. The average molecular weight is 269 g/mol. The van der Waals surface area contributed by atoms with E-state index in [9.17, 15) is 0 Å². The Bertz CT molecular complexity index is 716. The Morgan fingerprint density at radius 3 is 2.55 bits per heavy atom. The van der Waals surface area contributed by atoms with Gasteiger partial charge in [0.25, 0.3) is 0 Å². The van der Waals surface area contributed by atoms with Crippen LogP contribution >= 0.6 is 0 Å². The molecular weight excluding hydrogens is 254 g/mol. The summed E-state index contributed by atoms with van der Waals surface area (Å²) in [7, 11) is 1.64. The molecule has 0 aliphatic rings. The lowest BCUT2D eigenvalue weighted by molar-refractivity contribution is 0.305. The zero-order valence-electron chi connectivity index (χ0n) is 11.1. The molecule has 20 heavy (non-hydrogen) atoms. The van der Waals surface area contributed by atoms with Gasteiger partial charge in [0.15, 0.2) is 0 Å². The van der Waals surface area contributed by atoms with Gasteiger partial charge in [-0.05, 0) is 36.4 Å². The Labute approximate surface area is 116 Å². The summed E-state index contributed by atoms with van der Waals surface area (Å²) in [6.07, 6.45) is 1.70. The van der Waals surface area contributed by atoms with E-state index in [2.05, 4.69) is 0 Å². The fourth-order valence-electron chi connectivity index (χ4n) is 2.04. The number of furan rings is 1. The number of nitrogens with two attached hydrogens (primary N) is 1. The predicted molar refractivity (Wildman–Crippen MR) is 78.0 cm³/mol. The van der Waals surface area contributed by atoms with Crippen LogP contribution in [0.4, 0.5) is 5.69 Å². The summed E-state index contributed by atoms with van der Waals surface area (Å²) in [6, 6.07) is 13.1. The van der Waals surface area contributed by atoms with Crippen LogP contribution in [0.15, 0.2) is 53.1 Å². The van der Waals surface area contributed by atoms with Crippen molar-refractivity contribution in [3.05, 3.63) is 54.3 Å². The van der Waals surface area contributed by atoms with Crippen molar-refractivity contribution in [2.45, 2.75) is 6.61 Å². The molecule has 0 bridgehead atoms. The number of benzene rings is 2.